The SMILES string of the molecule is Cc1c(Cl)nc2ncnn2c1NC(c1cccs1)C(C)C. The van der Waals surface area contributed by atoms with Crippen LogP contribution in [0, 0.1) is 12.8 Å². The highest BCUT2D eigenvalue weighted by atomic mass is 35.5. The summed E-state index contributed by atoms with van der Waals surface area (Å²) in [5.41, 5.74) is 0.872. The summed E-state index contributed by atoms with van der Waals surface area (Å²) in [6.07, 6.45) is 1.48. The molecule has 110 valence electrons. The Labute approximate surface area is 132 Å². The van der Waals surface area contributed by atoms with Gasteiger partial charge in [-0.3, -0.25) is 0 Å². The van der Waals surface area contributed by atoms with E-state index in [0.29, 0.717) is 16.8 Å². The molecule has 0 aromatic carbocycles. The highest BCUT2D eigenvalue weighted by Gasteiger charge is 2.21. The molecule has 21 heavy (non-hydrogen) atoms. The summed E-state index contributed by atoms with van der Waals surface area (Å²) in [5, 5.41) is 10.3. The van der Waals surface area contributed by atoms with Crippen molar-refractivity contribution in [2.45, 2.75) is 26.8 Å². The summed E-state index contributed by atoms with van der Waals surface area (Å²) >= 11 is 7.95. The molecule has 0 saturated heterocycles. The van der Waals surface area contributed by atoms with Crippen molar-refractivity contribution in [1.82, 2.24) is 19.6 Å². The molecule has 0 aliphatic carbocycles. The molecular weight excluding hydrogens is 306 g/mol. The van der Waals surface area contributed by atoms with Gasteiger partial charge in [-0.15, -0.1) is 11.3 Å². The minimum atomic E-state index is 0.189. The third kappa shape index (κ3) is 2.61. The second kappa shape index (κ2) is 5.61. The zero-order valence-electron chi connectivity index (χ0n) is 12.0. The number of hydrogen-bond donors (Lipinski definition) is 1. The third-order valence-corrected chi connectivity index (χ3v) is 4.74. The van der Waals surface area contributed by atoms with Crippen LogP contribution in [0.2, 0.25) is 5.15 Å². The molecule has 1 unspecified atom stereocenters. The molecule has 0 radical (unpaired) electrons. The fraction of sp³-hybridized carbons (Fsp3) is 0.357. The molecule has 3 heterocycles. The topological polar surface area (TPSA) is 55.1 Å². The second-order valence-corrected chi connectivity index (χ2v) is 6.57. The first-order valence-electron chi connectivity index (χ1n) is 6.73. The van der Waals surface area contributed by atoms with Gasteiger partial charge in [-0.1, -0.05) is 31.5 Å². The Bertz CT molecular complexity index is 750. The Morgan fingerprint density at radius 2 is 2.19 bits per heavy atom. The van der Waals surface area contributed by atoms with Gasteiger partial charge in [0.2, 0.25) is 0 Å². The Morgan fingerprint density at radius 3 is 2.86 bits per heavy atom. The smallest absolute Gasteiger partial charge is 0.255 e. The van der Waals surface area contributed by atoms with Crippen LogP contribution in [0.15, 0.2) is 23.8 Å². The van der Waals surface area contributed by atoms with Crippen LogP contribution in [-0.2, 0) is 0 Å². The van der Waals surface area contributed by atoms with Gasteiger partial charge in [0.1, 0.15) is 17.3 Å². The molecule has 3 aromatic rings. The van der Waals surface area contributed by atoms with Crippen LogP contribution in [0.25, 0.3) is 5.78 Å². The molecule has 5 nitrogen and oxygen atoms in total. The zero-order chi connectivity index (χ0) is 15.0. The number of fused-ring (bicyclic) bond motifs is 1. The van der Waals surface area contributed by atoms with E-state index in [-0.39, 0.29) is 6.04 Å². The van der Waals surface area contributed by atoms with Crippen LogP contribution in [0.5, 0.6) is 0 Å². The molecule has 0 aliphatic heterocycles. The standard InChI is InChI=1S/C14H16ClN5S/c1-8(2)11(10-5-4-6-21-10)18-13-9(3)12(15)19-14-16-7-17-20(13)14/h4-8,11,18H,1-3H3. The summed E-state index contributed by atoms with van der Waals surface area (Å²) in [4.78, 5) is 9.63. The Balaban J connectivity index is 2.07. The van der Waals surface area contributed by atoms with Crippen molar-refractivity contribution in [3.8, 4) is 0 Å². The van der Waals surface area contributed by atoms with Gasteiger partial charge in [0.15, 0.2) is 0 Å². The van der Waals surface area contributed by atoms with Crippen LogP contribution in [-0.4, -0.2) is 19.6 Å². The number of nitrogens with one attached hydrogen (secondary N) is 1. The summed E-state index contributed by atoms with van der Waals surface area (Å²) < 4.78 is 1.70. The number of nitrogens with zero attached hydrogens (tertiary/aromatic N) is 4. The van der Waals surface area contributed by atoms with Crippen molar-refractivity contribution in [1.29, 1.82) is 0 Å². The number of halogens is 1. The van der Waals surface area contributed by atoms with E-state index < -0.39 is 0 Å². The summed E-state index contributed by atoms with van der Waals surface area (Å²) in [6, 6.07) is 4.39. The molecule has 0 spiro atoms. The summed E-state index contributed by atoms with van der Waals surface area (Å²) in [7, 11) is 0. The average Bonchev–Trinajstić information content (AvgIpc) is 3.09. The van der Waals surface area contributed by atoms with E-state index in [9.17, 15) is 0 Å². The molecule has 0 aliphatic rings. The van der Waals surface area contributed by atoms with E-state index in [1.54, 1.807) is 15.9 Å². The molecule has 0 amide bonds. The molecule has 0 fully saturated rings. The normalized spacial score (nSPS) is 13.0. The van der Waals surface area contributed by atoms with Gasteiger partial charge in [-0.2, -0.15) is 19.6 Å². The Morgan fingerprint density at radius 1 is 1.38 bits per heavy atom. The fourth-order valence-corrected chi connectivity index (χ4v) is 3.36. The van der Waals surface area contributed by atoms with Crippen LogP contribution >= 0.6 is 22.9 Å². The Hall–Kier alpha value is -1.66. The lowest BCUT2D eigenvalue weighted by Gasteiger charge is -2.23. The van der Waals surface area contributed by atoms with E-state index in [2.05, 4.69) is 51.7 Å². The van der Waals surface area contributed by atoms with Crippen molar-refractivity contribution in [2.24, 2.45) is 5.92 Å². The van der Waals surface area contributed by atoms with E-state index >= 15 is 0 Å². The first-order valence-corrected chi connectivity index (χ1v) is 7.99. The molecule has 7 heteroatoms. The average molecular weight is 322 g/mol. The molecule has 1 N–H and O–H groups in total. The fourth-order valence-electron chi connectivity index (χ4n) is 2.25. The third-order valence-electron chi connectivity index (χ3n) is 3.41. The molecule has 3 aromatic heterocycles. The first kappa shape index (κ1) is 14.3. The predicted molar refractivity (Wildman–Crippen MR) is 86.0 cm³/mol. The van der Waals surface area contributed by atoms with Crippen molar-refractivity contribution in [3.63, 3.8) is 0 Å². The maximum Gasteiger partial charge on any atom is 0.255 e. The lowest BCUT2D eigenvalue weighted by Crippen LogP contribution is -2.19. The van der Waals surface area contributed by atoms with Crippen LogP contribution in [0.4, 0.5) is 5.82 Å². The van der Waals surface area contributed by atoms with Gasteiger partial charge in [-0.25, -0.2) is 0 Å². The summed E-state index contributed by atoms with van der Waals surface area (Å²) in [5.74, 6) is 1.77. The second-order valence-electron chi connectivity index (χ2n) is 5.23. The maximum atomic E-state index is 6.21. The van der Waals surface area contributed by atoms with Gasteiger partial charge in [-0.05, 0) is 24.3 Å². The molecule has 0 bridgehead atoms. The first-order chi connectivity index (χ1) is 10.1. The van der Waals surface area contributed by atoms with E-state index in [0.717, 1.165) is 11.4 Å². The lowest BCUT2D eigenvalue weighted by atomic mass is 10.0. The molecule has 3 rings (SSSR count). The summed E-state index contributed by atoms with van der Waals surface area (Å²) in [6.45, 7) is 6.31. The lowest BCUT2D eigenvalue weighted by molar-refractivity contribution is 0.549. The zero-order valence-corrected chi connectivity index (χ0v) is 13.6. The van der Waals surface area contributed by atoms with Gasteiger partial charge in [0, 0.05) is 10.4 Å². The van der Waals surface area contributed by atoms with E-state index in [1.807, 2.05) is 6.92 Å². The molecular formula is C14H16ClN5S. The monoisotopic (exact) mass is 321 g/mol. The quantitative estimate of drug-likeness (QED) is 0.739. The molecule has 0 saturated carbocycles. The van der Waals surface area contributed by atoms with Crippen LogP contribution < -0.4 is 5.32 Å². The van der Waals surface area contributed by atoms with Crippen molar-refractivity contribution < 1.29 is 0 Å². The number of rotatable bonds is 4. The maximum absolute atomic E-state index is 6.21. The minimum Gasteiger partial charge on any atom is -0.362 e. The highest BCUT2D eigenvalue weighted by Crippen LogP contribution is 2.32. The van der Waals surface area contributed by atoms with Crippen LogP contribution in [0.3, 0.4) is 0 Å². The van der Waals surface area contributed by atoms with Crippen molar-refractivity contribution in [2.75, 3.05) is 5.32 Å². The largest absolute Gasteiger partial charge is 0.362 e. The van der Waals surface area contributed by atoms with Gasteiger partial charge < -0.3 is 5.32 Å². The minimum absolute atomic E-state index is 0.189. The number of thiophene rings is 1. The molecule has 1 atom stereocenters. The van der Waals surface area contributed by atoms with Gasteiger partial charge in [0.25, 0.3) is 5.78 Å². The van der Waals surface area contributed by atoms with Crippen LogP contribution in [0.1, 0.15) is 30.3 Å². The highest BCUT2D eigenvalue weighted by molar-refractivity contribution is 7.10. The van der Waals surface area contributed by atoms with Gasteiger partial charge >= 0.3 is 0 Å². The van der Waals surface area contributed by atoms with Crippen molar-refractivity contribution >= 4 is 34.5 Å². The number of aromatic nitrogens is 4. The van der Waals surface area contributed by atoms with E-state index in [1.165, 1.54) is 11.2 Å². The predicted octanol–water partition coefficient (Wildman–Crippen LogP) is 3.96. The Kier molecular flexibility index (Phi) is 3.82. The number of anilines is 1. The van der Waals surface area contributed by atoms with Crippen molar-refractivity contribution in [3.05, 3.63) is 39.4 Å². The number of hydrogen-bond acceptors (Lipinski definition) is 5. The van der Waals surface area contributed by atoms with E-state index in [4.69, 9.17) is 11.6 Å². The van der Waals surface area contributed by atoms with Gasteiger partial charge in [0.05, 0.1) is 6.04 Å².